The van der Waals surface area contributed by atoms with Crippen LogP contribution >= 0.6 is 23.0 Å². The van der Waals surface area contributed by atoms with Crippen molar-refractivity contribution in [3.05, 3.63) is 12.7 Å². The van der Waals surface area contributed by atoms with Crippen LogP contribution in [0.4, 0.5) is 5.82 Å². The van der Waals surface area contributed by atoms with Crippen molar-refractivity contribution >= 4 is 45.5 Å². The summed E-state index contributed by atoms with van der Waals surface area (Å²) in [6, 6.07) is 0. The van der Waals surface area contributed by atoms with Gasteiger partial charge >= 0.3 is 23.0 Å². The molecule has 1 fully saturated rings. The fourth-order valence-corrected chi connectivity index (χ4v) is 6.58. The second kappa shape index (κ2) is 12.8. The third-order valence-corrected chi connectivity index (χ3v) is 9.35. The van der Waals surface area contributed by atoms with E-state index in [2.05, 4.69) is 19.3 Å². The van der Waals surface area contributed by atoms with E-state index in [9.17, 15) is 43.6 Å². The van der Waals surface area contributed by atoms with Crippen LogP contribution in [0.5, 0.6) is 0 Å². The van der Waals surface area contributed by atoms with Crippen molar-refractivity contribution in [2.75, 3.05) is 18.9 Å². The molecule has 3 heterocycles. The number of imidazole rings is 1. The van der Waals surface area contributed by atoms with Crippen LogP contribution in [0.15, 0.2) is 12.7 Å². The van der Waals surface area contributed by atoms with Gasteiger partial charge in [-0.2, -0.15) is 0 Å². The minimum atomic E-state index is -5.57. The number of phosphoric acid groups is 1. The SMILES string of the molecule is Nc1ncnc2c1ncn2[C@]1(P(=O)(O)O)O[C@H](CO)[C@@H](O)[C@H]1O.O=C([C@H](O)[C@H](O)[C@H](O)CO)P(=O)(O)OP(=O)(O)O. The molecule has 1 unspecified atom stereocenters. The molecule has 0 radical (unpaired) electrons. The van der Waals surface area contributed by atoms with Crippen molar-refractivity contribution in [1.82, 2.24) is 19.5 Å². The molecule has 1 aliphatic heterocycles. The van der Waals surface area contributed by atoms with Crippen molar-refractivity contribution in [3.63, 3.8) is 0 Å². The maximum Gasteiger partial charge on any atom is 0.477 e. The summed E-state index contributed by atoms with van der Waals surface area (Å²) in [7, 11) is -16.3. The number of aliphatic hydroxyl groups is 7. The zero-order valence-corrected chi connectivity index (χ0v) is 22.7. The summed E-state index contributed by atoms with van der Waals surface area (Å²) in [6.45, 7) is -1.83. The van der Waals surface area contributed by atoms with Gasteiger partial charge in [-0.05, 0) is 0 Å². The minimum Gasteiger partial charge on any atom is -0.394 e. The Kier molecular flexibility index (Phi) is 11.0. The van der Waals surface area contributed by atoms with Crippen LogP contribution in [-0.4, -0.2) is 135 Å². The largest absolute Gasteiger partial charge is 0.477 e. The molecule has 0 aromatic carbocycles. The Morgan fingerprint density at radius 2 is 1.66 bits per heavy atom. The van der Waals surface area contributed by atoms with Crippen LogP contribution in [-0.2, 0) is 33.0 Å². The average molecular weight is 657 g/mol. The summed E-state index contributed by atoms with van der Waals surface area (Å²) in [6.07, 6.45) is -10.2. The number of hydrogen-bond donors (Lipinski definition) is 13. The molecular weight excluding hydrogens is 631 g/mol. The number of carbonyl (C=O) groups excluding carboxylic acids is 1. The van der Waals surface area contributed by atoms with E-state index in [0.29, 0.717) is 0 Å². The molecule has 26 heteroatoms. The first kappa shape index (κ1) is 35.3. The molecule has 0 aliphatic carbocycles. The van der Waals surface area contributed by atoms with Gasteiger partial charge in [0.15, 0.2) is 17.6 Å². The molecule has 14 N–H and O–H groups in total. The average Bonchev–Trinajstić information content (AvgIpc) is 3.41. The number of carbonyl (C=O) groups is 1. The van der Waals surface area contributed by atoms with Gasteiger partial charge in [-0.15, -0.1) is 0 Å². The lowest BCUT2D eigenvalue weighted by atomic mass is 10.1. The molecular formula is C15H26N5O18P3. The molecule has 1 aliphatic rings. The zero-order chi connectivity index (χ0) is 31.7. The molecule has 41 heavy (non-hydrogen) atoms. The van der Waals surface area contributed by atoms with Gasteiger partial charge in [-0.3, -0.25) is 18.5 Å². The number of hydrogen-bond acceptors (Lipinski definition) is 17. The Morgan fingerprint density at radius 1 is 1.07 bits per heavy atom. The van der Waals surface area contributed by atoms with Gasteiger partial charge < -0.3 is 70.7 Å². The van der Waals surface area contributed by atoms with Crippen molar-refractivity contribution in [2.24, 2.45) is 0 Å². The molecule has 3 rings (SSSR count). The highest BCUT2D eigenvalue weighted by Gasteiger charge is 2.66. The van der Waals surface area contributed by atoms with Crippen LogP contribution < -0.4 is 5.73 Å². The summed E-state index contributed by atoms with van der Waals surface area (Å²) < 4.78 is 42.7. The van der Waals surface area contributed by atoms with E-state index in [4.69, 9.17) is 45.6 Å². The van der Waals surface area contributed by atoms with Gasteiger partial charge in [-0.25, -0.2) is 23.8 Å². The van der Waals surface area contributed by atoms with Crippen LogP contribution in [0.1, 0.15) is 0 Å². The first-order valence-electron chi connectivity index (χ1n) is 10.6. The van der Waals surface area contributed by atoms with E-state index >= 15 is 0 Å². The van der Waals surface area contributed by atoms with E-state index in [1.54, 1.807) is 0 Å². The molecule has 0 spiro atoms. The number of anilines is 1. The summed E-state index contributed by atoms with van der Waals surface area (Å²) in [5.41, 5.74) is 0.724. The van der Waals surface area contributed by atoms with E-state index in [-0.39, 0.29) is 17.0 Å². The number of nitrogens with two attached hydrogens (primary N) is 1. The molecule has 2 aromatic rings. The molecule has 234 valence electrons. The standard InChI is InChI=1S/C10H14N5O7P.C5H12O11P2/c11-8-5-9(13-2-12-8)15(3-14-5)10(23(19,20)21)7(18)6(17)4(1-16)22-10;6-1-2(7)3(8)4(9)5(10)17(11,12)16-18(13,14)15/h2-4,6-7,16-18H,1H2,(H2,11,12,13)(H2,19,20,21);2-4,6-9H,1H2,(H,11,12)(H2,13,14,15)/t4-,6-,7-,10+;2-,3-,4-/m11/s1. The Hall–Kier alpha value is -1.85. The normalized spacial score (nSPS) is 27.0. The van der Waals surface area contributed by atoms with Crippen LogP contribution in [0.3, 0.4) is 0 Å². The maximum absolute atomic E-state index is 12.1. The highest BCUT2D eigenvalue weighted by Crippen LogP contribution is 2.61. The van der Waals surface area contributed by atoms with Gasteiger partial charge in [0.2, 0.25) is 0 Å². The Morgan fingerprint density at radius 3 is 2.12 bits per heavy atom. The van der Waals surface area contributed by atoms with Gasteiger partial charge in [0.25, 0.3) is 11.0 Å². The molecule has 0 bridgehead atoms. The number of fused-ring (bicyclic) bond motifs is 1. The van der Waals surface area contributed by atoms with E-state index in [1.165, 1.54) is 0 Å². The highest BCUT2D eigenvalue weighted by molar-refractivity contribution is 7.76. The topological polar surface area (TPSA) is 399 Å². The molecule has 0 saturated carbocycles. The predicted octanol–water partition coefficient (Wildman–Crippen LogP) is -5.81. The Labute approximate surface area is 227 Å². The number of nitrogens with zero attached hydrogens (tertiary/aromatic N) is 4. The number of aromatic nitrogens is 4. The first-order valence-corrected chi connectivity index (χ1v) is 15.3. The van der Waals surface area contributed by atoms with Crippen LogP contribution in [0.2, 0.25) is 0 Å². The van der Waals surface area contributed by atoms with Gasteiger partial charge in [-0.1, -0.05) is 0 Å². The van der Waals surface area contributed by atoms with Crippen molar-refractivity contribution in [2.45, 2.75) is 42.1 Å². The smallest absolute Gasteiger partial charge is 0.394 e. The first-order chi connectivity index (χ1) is 18.7. The highest BCUT2D eigenvalue weighted by atomic mass is 31.3. The number of rotatable bonds is 10. The van der Waals surface area contributed by atoms with Gasteiger partial charge in [0.05, 0.1) is 13.2 Å². The minimum absolute atomic E-state index is 0.0399. The van der Waals surface area contributed by atoms with Crippen molar-refractivity contribution in [3.8, 4) is 0 Å². The summed E-state index contributed by atoms with van der Waals surface area (Å²) in [5, 5.41) is 64.8. The number of ether oxygens (including phenoxy) is 1. The second-order valence-corrected chi connectivity index (χ2v) is 13.0. The molecule has 23 nitrogen and oxygen atoms in total. The Balaban J connectivity index is 0.000000298. The second-order valence-electron chi connectivity index (χ2n) is 8.14. The van der Waals surface area contributed by atoms with Crippen molar-refractivity contribution < 1.29 is 87.7 Å². The predicted molar refractivity (Wildman–Crippen MR) is 127 cm³/mol. The van der Waals surface area contributed by atoms with Gasteiger partial charge in [0.1, 0.15) is 48.7 Å². The summed E-state index contributed by atoms with van der Waals surface area (Å²) in [5.74, 6) is -0.0404. The maximum atomic E-state index is 12.1. The monoisotopic (exact) mass is 657 g/mol. The fourth-order valence-electron chi connectivity index (χ4n) is 3.42. The van der Waals surface area contributed by atoms with Crippen LogP contribution in [0.25, 0.3) is 11.2 Å². The number of nitrogen functional groups attached to an aromatic ring is 1. The zero-order valence-electron chi connectivity index (χ0n) is 20.1. The Bertz CT molecular complexity index is 1380. The number of aliphatic hydroxyl groups excluding tert-OH is 7. The third kappa shape index (κ3) is 7.21. The lowest BCUT2D eigenvalue weighted by Gasteiger charge is -2.33. The van der Waals surface area contributed by atoms with Gasteiger partial charge in [0, 0.05) is 0 Å². The quantitative estimate of drug-likeness (QED) is 0.106. The van der Waals surface area contributed by atoms with Crippen LogP contribution in [0, 0.1) is 0 Å². The van der Waals surface area contributed by atoms with E-state index < -0.39 is 83.8 Å². The lowest BCUT2D eigenvalue weighted by Crippen LogP contribution is -2.45. The van der Waals surface area contributed by atoms with E-state index in [0.717, 1.165) is 17.2 Å². The van der Waals surface area contributed by atoms with E-state index in [1.807, 2.05) is 0 Å². The summed E-state index contributed by atoms with van der Waals surface area (Å²) in [4.78, 5) is 67.5. The van der Waals surface area contributed by atoms with Crippen molar-refractivity contribution in [1.29, 1.82) is 0 Å². The lowest BCUT2D eigenvalue weighted by molar-refractivity contribution is -0.133. The fraction of sp³-hybridized carbons (Fsp3) is 0.600. The molecule has 0 amide bonds. The third-order valence-electron chi connectivity index (χ3n) is 5.37. The molecule has 8 atom stereocenters. The molecule has 2 aromatic heterocycles. The summed E-state index contributed by atoms with van der Waals surface area (Å²) >= 11 is 0. The molecule has 1 saturated heterocycles.